The molecule has 1 N–H and O–H groups in total. The maximum Gasteiger partial charge on any atom is 0.270 e. The van der Waals surface area contributed by atoms with Gasteiger partial charge in [-0.15, -0.1) is 0 Å². The minimum Gasteiger partial charge on any atom is -0.481 e. The molecule has 2 atom stereocenters. The summed E-state index contributed by atoms with van der Waals surface area (Å²) < 4.78 is 40.4. The number of aromatic nitrogens is 6. The van der Waals surface area contributed by atoms with Gasteiger partial charge in [0.15, 0.2) is 19.6 Å². The van der Waals surface area contributed by atoms with E-state index in [4.69, 9.17) is 32.8 Å². The molecule has 0 saturated carbocycles. The van der Waals surface area contributed by atoms with Crippen molar-refractivity contribution in [3.8, 4) is 11.8 Å². The zero-order chi connectivity index (χ0) is 36.2. The molecule has 0 aliphatic heterocycles. The topological polar surface area (TPSA) is 180 Å². The highest BCUT2D eigenvalue weighted by atomic mass is 28.4. The standard InChI is InChI=1S/C19H31N3O5Si.C13H17N3O5/c1-19(2,3)28(6,7)27-12-14(26-13-24-4)11-22-17(23)10-20-15-8-9-16(25-5)21-18(15)22;1-19-8-21-9(7-17)6-16-12(18)5-14-10-3-4-11(20-2)15-13(10)16/h8-10,14H,11-13H2,1-7H3;3-5,9,17H,6-8H2,1-2H3. The van der Waals surface area contributed by atoms with Gasteiger partial charge in [0.2, 0.25) is 11.8 Å². The van der Waals surface area contributed by atoms with Gasteiger partial charge in [-0.05, 0) is 30.3 Å². The largest absolute Gasteiger partial charge is 0.481 e. The molecule has 0 spiro atoms. The number of hydrogen-bond donors (Lipinski definition) is 1. The third-order valence-electron chi connectivity index (χ3n) is 8.00. The van der Waals surface area contributed by atoms with Crippen LogP contribution in [0.2, 0.25) is 18.1 Å². The molecule has 2 unspecified atom stereocenters. The Kier molecular flexibility index (Phi) is 14.7. The van der Waals surface area contributed by atoms with Crippen LogP contribution in [0.5, 0.6) is 11.8 Å². The monoisotopic (exact) mass is 704 g/mol. The van der Waals surface area contributed by atoms with Crippen molar-refractivity contribution in [3.63, 3.8) is 0 Å². The van der Waals surface area contributed by atoms with Crippen molar-refractivity contribution in [1.82, 2.24) is 29.1 Å². The molecule has 0 amide bonds. The predicted molar refractivity (Wildman–Crippen MR) is 184 cm³/mol. The number of nitrogens with zero attached hydrogens (tertiary/aromatic N) is 6. The molecule has 0 bridgehead atoms. The summed E-state index contributed by atoms with van der Waals surface area (Å²) in [7, 11) is 4.10. The van der Waals surface area contributed by atoms with Crippen LogP contribution in [0.15, 0.2) is 46.2 Å². The summed E-state index contributed by atoms with van der Waals surface area (Å²) in [5.74, 6) is 0.794. The Morgan fingerprint density at radius 2 is 1.20 bits per heavy atom. The van der Waals surface area contributed by atoms with Gasteiger partial charge < -0.3 is 38.0 Å². The Hall–Kier alpha value is -3.84. The van der Waals surface area contributed by atoms with E-state index in [1.54, 1.807) is 35.9 Å². The average molecular weight is 705 g/mol. The maximum absolute atomic E-state index is 12.5. The first-order chi connectivity index (χ1) is 23.3. The molecule has 0 fully saturated rings. The minimum absolute atomic E-state index is 0.0275. The van der Waals surface area contributed by atoms with Gasteiger partial charge in [-0.1, -0.05) is 20.8 Å². The molecule has 49 heavy (non-hydrogen) atoms. The van der Waals surface area contributed by atoms with Crippen LogP contribution < -0.4 is 20.6 Å². The van der Waals surface area contributed by atoms with Crippen LogP contribution in [-0.2, 0) is 36.5 Å². The summed E-state index contributed by atoms with van der Waals surface area (Å²) in [6.07, 6.45) is 1.55. The summed E-state index contributed by atoms with van der Waals surface area (Å²) >= 11 is 0. The molecule has 0 aromatic carbocycles. The summed E-state index contributed by atoms with van der Waals surface area (Å²) in [4.78, 5) is 41.3. The van der Waals surface area contributed by atoms with E-state index in [-0.39, 0.29) is 55.5 Å². The molecule has 0 saturated heterocycles. The van der Waals surface area contributed by atoms with Gasteiger partial charge in [-0.2, -0.15) is 9.97 Å². The molecular weight excluding hydrogens is 656 g/mol. The molecule has 4 aromatic heterocycles. The molecule has 17 heteroatoms. The highest BCUT2D eigenvalue weighted by Gasteiger charge is 2.37. The average Bonchev–Trinajstić information content (AvgIpc) is 3.08. The fourth-order valence-corrected chi connectivity index (χ4v) is 5.23. The van der Waals surface area contributed by atoms with Crippen LogP contribution in [0.1, 0.15) is 20.8 Å². The van der Waals surface area contributed by atoms with Gasteiger partial charge in [0.05, 0.1) is 52.9 Å². The zero-order valence-electron chi connectivity index (χ0n) is 29.7. The lowest BCUT2D eigenvalue weighted by Gasteiger charge is -2.37. The van der Waals surface area contributed by atoms with Crippen molar-refractivity contribution in [1.29, 1.82) is 0 Å². The number of ether oxygens (including phenoxy) is 6. The van der Waals surface area contributed by atoms with E-state index in [9.17, 15) is 14.7 Å². The molecule has 270 valence electrons. The fourth-order valence-electron chi connectivity index (χ4n) is 4.19. The van der Waals surface area contributed by atoms with Crippen molar-refractivity contribution in [2.24, 2.45) is 0 Å². The van der Waals surface area contributed by atoms with E-state index in [0.29, 0.717) is 40.7 Å². The lowest BCUT2D eigenvalue weighted by molar-refractivity contribution is -0.0918. The predicted octanol–water partition coefficient (Wildman–Crippen LogP) is 2.59. The second-order valence-electron chi connectivity index (χ2n) is 12.5. The number of hydrogen-bond acceptors (Lipinski definition) is 14. The number of methoxy groups -OCH3 is 4. The number of fused-ring (bicyclic) bond motifs is 2. The van der Waals surface area contributed by atoms with Gasteiger partial charge in [-0.25, -0.2) is 9.97 Å². The quantitative estimate of drug-likeness (QED) is 0.133. The van der Waals surface area contributed by atoms with Crippen LogP contribution in [0.4, 0.5) is 0 Å². The second-order valence-corrected chi connectivity index (χ2v) is 17.3. The van der Waals surface area contributed by atoms with Crippen molar-refractivity contribution in [2.75, 3.05) is 55.2 Å². The molecule has 4 aromatic rings. The molecule has 4 rings (SSSR count). The number of rotatable bonds is 16. The second kappa shape index (κ2) is 18.2. The SMILES string of the molecule is COCOC(CO)Cn1c(=O)cnc2ccc(OC)nc21.COCOC(CO[Si](C)(C)C(C)(C)C)Cn1c(=O)cnc2ccc(OC)nc21. The zero-order valence-corrected chi connectivity index (χ0v) is 30.7. The lowest BCUT2D eigenvalue weighted by atomic mass is 10.2. The fraction of sp³-hybridized carbons (Fsp3) is 0.562. The summed E-state index contributed by atoms with van der Waals surface area (Å²) in [5.41, 5.74) is 1.40. The first-order valence-corrected chi connectivity index (χ1v) is 18.5. The van der Waals surface area contributed by atoms with E-state index >= 15 is 0 Å². The first kappa shape index (κ1) is 39.6. The van der Waals surface area contributed by atoms with E-state index < -0.39 is 14.4 Å². The van der Waals surface area contributed by atoms with E-state index in [2.05, 4.69) is 53.8 Å². The normalized spacial score (nSPS) is 13.2. The minimum atomic E-state index is -1.96. The van der Waals surface area contributed by atoms with Crippen LogP contribution in [0.25, 0.3) is 22.3 Å². The Bertz CT molecular complexity index is 1760. The molecule has 4 heterocycles. The lowest BCUT2D eigenvalue weighted by Crippen LogP contribution is -2.44. The van der Waals surface area contributed by atoms with Crippen LogP contribution in [0, 0.1) is 0 Å². The molecule has 16 nitrogen and oxygen atoms in total. The number of pyridine rings is 2. The molecule has 0 aliphatic rings. The molecule has 0 aliphatic carbocycles. The third-order valence-corrected chi connectivity index (χ3v) is 12.5. The summed E-state index contributed by atoms with van der Waals surface area (Å²) in [5, 5.41) is 9.40. The van der Waals surface area contributed by atoms with Gasteiger partial charge in [-0.3, -0.25) is 18.7 Å². The Morgan fingerprint density at radius 3 is 1.61 bits per heavy atom. The van der Waals surface area contributed by atoms with Gasteiger partial charge in [0, 0.05) is 26.4 Å². The Morgan fingerprint density at radius 1 is 0.755 bits per heavy atom. The summed E-state index contributed by atoms with van der Waals surface area (Å²) in [6.45, 7) is 11.6. The smallest absolute Gasteiger partial charge is 0.270 e. The summed E-state index contributed by atoms with van der Waals surface area (Å²) in [6, 6.07) is 6.86. The van der Waals surface area contributed by atoms with Crippen molar-refractivity contribution in [3.05, 3.63) is 57.4 Å². The van der Waals surface area contributed by atoms with Gasteiger partial charge >= 0.3 is 0 Å². The van der Waals surface area contributed by atoms with Crippen molar-refractivity contribution < 1.29 is 38.0 Å². The molecule has 0 radical (unpaired) electrons. The van der Waals surface area contributed by atoms with Crippen LogP contribution in [-0.4, -0.2) is 110 Å². The molecular formula is C32H48N6O10Si. The van der Waals surface area contributed by atoms with Gasteiger partial charge in [0.1, 0.15) is 36.8 Å². The van der Waals surface area contributed by atoms with E-state index in [0.717, 1.165) is 0 Å². The third kappa shape index (κ3) is 10.8. The highest BCUT2D eigenvalue weighted by Crippen LogP contribution is 2.36. The van der Waals surface area contributed by atoms with Gasteiger partial charge in [0.25, 0.3) is 11.1 Å². The van der Waals surface area contributed by atoms with Crippen molar-refractivity contribution >= 4 is 30.6 Å². The maximum atomic E-state index is 12.5. The first-order valence-electron chi connectivity index (χ1n) is 15.6. The van der Waals surface area contributed by atoms with E-state index in [1.807, 2.05) is 0 Å². The van der Waals surface area contributed by atoms with E-state index in [1.165, 1.54) is 38.3 Å². The van der Waals surface area contributed by atoms with Crippen LogP contribution >= 0.6 is 0 Å². The number of aliphatic hydroxyl groups excluding tert-OH is 1. The number of aliphatic hydroxyl groups is 1. The highest BCUT2D eigenvalue weighted by molar-refractivity contribution is 6.74. The Labute approximate surface area is 286 Å². The Balaban J connectivity index is 0.000000276. The van der Waals surface area contributed by atoms with Crippen LogP contribution in [0.3, 0.4) is 0 Å². The van der Waals surface area contributed by atoms with Crippen molar-refractivity contribution in [2.45, 2.75) is 64.2 Å².